The van der Waals surface area contributed by atoms with Gasteiger partial charge in [-0.15, -0.1) is 0 Å². The van der Waals surface area contributed by atoms with Gasteiger partial charge in [0.2, 0.25) is 0 Å². The van der Waals surface area contributed by atoms with Crippen molar-refractivity contribution in [3.8, 4) is 6.07 Å². The zero-order valence-electron chi connectivity index (χ0n) is 9.42. The minimum absolute atomic E-state index is 0.0914. The van der Waals surface area contributed by atoms with Crippen molar-refractivity contribution in [3.05, 3.63) is 36.7 Å². The molecule has 0 N–H and O–H groups in total. The van der Waals surface area contributed by atoms with Crippen LogP contribution in [0.4, 0.5) is 4.79 Å². The first-order chi connectivity index (χ1) is 8.10. The summed E-state index contributed by atoms with van der Waals surface area (Å²) in [5.41, 5.74) is 0.269. The molecule has 0 aromatic heterocycles. The van der Waals surface area contributed by atoms with Crippen LogP contribution in [0, 0.1) is 17.2 Å². The molecule has 5 heteroatoms. The van der Waals surface area contributed by atoms with Gasteiger partial charge in [0.1, 0.15) is 6.61 Å². The fraction of sp³-hybridized carbons (Fsp3) is 0.250. The maximum Gasteiger partial charge on any atom is 0.418 e. The molecule has 0 bridgehead atoms. The van der Waals surface area contributed by atoms with Crippen molar-refractivity contribution in [2.75, 3.05) is 6.61 Å². The Hall–Kier alpha value is -2.35. The molecule has 1 atom stereocenters. The summed E-state index contributed by atoms with van der Waals surface area (Å²) in [6.45, 7) is 4.86. The van der Waals surface area contributed by atoms with Gasteiger partial charge in [0.05, 0.1) is 12.0 Å². The molecule has 0 radical (unpaired) electrons. The van der Waals surface area contributed by atoms with Gasteiger partial charge in [0.25, 0.3) is 0 Å². The Kier molecular flexibility index (Phi) is 4.23. The molecule has 0 saturated carbocycles. The summed E-state index contributed by atoms with van der Waals surface area (Å²) in [7, 11) is 0. The molecule has 0 fully saturated rings. The highest BCUT2D eigenvalue weighted by Gasteiger charge is 2.23. The maximum absolute atomic E-state index is 11.5. The second-order valence-corrected chi connectivity index (χ2v) is 3.36. The number of nitrogens with zero attached hydrogens (tertiary/aromatic N) is 2. The standard InChI is InChI=1S/C12H12N2O3/c1-3-6-17-12(16)14-5-4-10(7-13)11(8-14)9(2)15/h3-5,8,10H,1,6H2,2H3. The highest BCUT2D eigenvalue weighted by molar-refractivity contribution is 5.95. The van der Waals surface area contributed by atoms with E-state index in [0.717, 1.165) is 4.90 Å². The number of hydrogen-bond acceptors (Lipinski definition) is 4. The van der Waals surface area contributed by atoms with Crippen molar-refractivity contribution in [2.24, 2.45) is 5.92 Å². The Morgan fingerprint density at radius 2 is 2.41 bits per heavy atom. The van der Waals surface area contributed by atoms with Crippen LogP contribution in [0.5, 0.6) is 0 Å². The second kappa shape index (κ2) is 5.66. The number of hydrogen-bond donors (Lipinski definition) is 0. The topological polar surface area (TPSA) is 70.4 Å². The molecule has 17 heavy (non-hydrogen) atoms. The van der Waals surface area contributed by atoms with E-state index < -0.39 is 12.0 Å². The van der Waals surface area contributed by atoms with Gasteiger partial charge in [-0.1, -0.05) is 12.7 Å². The fourth-order valence-electron chi connectivity index (χ4n) is 1.30. The number of nitriles is 1. The molecule has 0 aliphatic carbocycles. The van der Waals surface area contributed by atoms with Crippen molar-refractivity contribution in [2.45, 2.75) is 6.92 Å². The van der Waals surface area contributed by atoms with E-state index in [4.69, 9.17) is 10.00 Å². The van der Waals surface area contributed by atoms with E-state index in [1.165, 1.54) is 31.5 Å². The summed E-state index contributed by atoms with van der Waals surface area (Å²) in [6.07, 6.45) is 5.04. The van der Waals surface area contributed by atoms with Gasteiger partial charge in [-0.2, -0.15) is 5.26 Å². The molecule has 88 valence electrons. The zero-order chi connectivity index (χ0) is 12.8. The van der Waals surface area contributed by atoms with Gasteiger partial charge >= 0.3 is 6.09 Å². The summed E-state index contributed by atoms with van der Waals surface area (Å²) in [5, 5.41) is 8.83. The minimum atomic E-state index is -0.615. The van der Waals surface area contributed by atoms with Crippen LogP contribution in [0.15, 0.2) is 36.7 Å². The highest BCUT2D eigenvalue weighted by Crippen LogP contribution is 2.20. The lowest BCUT2D eigenvalue weighted by atomic mass is 9.96. The van der Waals surface area contributed by atoms with Crippen molar-refractivity contribution in [3.63, 3.8) is 0 Å². The van der Waals surface area contributed by atoms with Crippen LogP contribution in [-0.4, -0.2) is 23.4 Å². The number of ketones is 1. The normalized spacial score (nSPS) is 18.0. The molecular formula is C12H12N2O3. The van der Waals surface area contributed by atoms with E-state index in [-0.39, 0.29) is 18.0 Å². The minimum Gasteiger partial charge on any atom is -0.445 e. The molecular weight excluding hydrogens is 220 g/mol. The third-order valence-electron chi connectivity index (χ3n) is 2.13. The van der Waals surface area contributed by atoms with E-state index in [1.807, 2.05) is 6.07 Å². The van der Waals surface area contributed by atoms with E-state index in [9.17, 15) is 9.59 Å². The van der Waals surface area contributed by atoms with Crippen molar-refractivity contribution in [1.29, 1.82) is 5.26 Å². The van der Waals surface area contributed by atoms with Gasteiger partial charge < -0.3 is 4.74 Å². The van der Waals surface area contributed by atoms with Gasteiger partial charge in [0.15, 0.2) is 5.78 Å². The van der Waals surface area contributed by atoms with E-state index in [0.29, 0.717) is 0 Å². The Morgan fingerprint density at radius 3 is 2.94 bits per heavy atom. The smallest absolute Gasteiger partial charge is 0.418 e. The lowest BCUT2D eigenvalue weighted by Crippen LogP contribution is -2.26. The van der Waals surface area contributed by atoms with Gasteiger partial charge in [-0.05, 0) is 13.0 Å². The first-order valence-corrected chi connectivity index (χ1v) is 4.96. The molecule has 0 aromatic rings. The molecule has 0 saturated heterocycles. The average Bonchev–Trinajstić information content (AvgIpc) is 2.34. The summed E-state index contributed by atoms with van der Waals surface area (Å²) < 4.78 is 4.81. The van der Waals surface area contributed by atoms with Crippen LogP contribution in [0.2, 0.25) is 0 Å². The van der Waals surface area contributed by atoms with Gasteiger partial charge in [0, 0.05) is 18.0 Å². The summed E-state index contributed by atoms with van der Waals surface area (Å²) in [4.78, 5) is 23.9. The van der Waals surface area contributed by atoms with Gasteiger partial charge in [-0.25, -0.2) is 4.79 Å². The number of ether oxygens (including phenoxy) is 1. The quantitative estimate of drug-likeness (QED) is 0.695. The number of rotatable bonds is 3. The lowest BCUT2D eigenvalue weighted by Gasteiger charge is -2.20. The van der Waals surface area contributed by atoms with Crippen LogP contribution in [-0.2, 0) is 9.53 Å². The summed E-state index contributed by atoms with van der Waals surface area (Å²) in [6, 6.07) is 1.97. The summed E-state index contributed by atoms with van der Waals surface area (Å²) in [5.74, 6) is -0.863. The molecule has 5 nitrogen and oxygen atoms in total. The zero-order valence-corrected chi connectivity index (χ0v) is 9.42. The van der Waals surface area contributed by atoms with Crippen LogP contribution in [0.25, 0.3) is 0 Å². The molecule has 1 aliphatic rings. The third-order valence-corrected chi connectivity index (χ3v) is 2.13. The molecule has 1 heterocycles. The number of amides is 1. The van der Waals surface area contributed by atoms with E-state index >= 15 is 0 Å². The molecule has 1 unspecified atom stereocenters. The Balaban J connectivity index is 2.85. The Bertz CT molecular complexity index is 443. The van der Waals surface area contributed by atoms with Crippen LogP contribution >= 0.6 is 0 Å². The molecule has 0 aromatic carbocycles. The number of carbonyl (C=O) groups is 2. The predicted octanol–water partition coefficient (Wildman–Crippen LogP) is 1.75. The monoisotopic (exact) mass is 232 g/mol. The van der Waals surface area contributed by atoms with Crippen LogP contribution in [0.1, 0.15) is 6.92 Å². The number of Topliss-reactive ketones (excluding diaryl/α,β-unsaturated/α-hetero) is 1. The Labute approximate surface area is 99.3 Å². The maximum atomic E-state index is 11.5. The average molecular weight is 232 g/mol. The third kappa shape index (κ3) is 3.05. The fourth-order valence-corrected chi connectivity index (χ4v) is 1.30. The first-order valence-electron chi connectivity index (χ1n) is 4.96. The number of carbonyl (C=O) groups excluding carboxylic acids is 2. The Morgan fingerprint density at radius 1 is 1.71 bits per heavy atom. The molecule has 1 aliphatic heterocycles. The first kappa shape index (κ1) is 12.7. The second-order valence-electron chi connectivity index (χ2n) is 3.36. The number of allylic oxidation sites excluding steroid dienone is 2. The highest BCUT2D eigenvalue weighted by atomic mass is 16.6. The summed E-state index contributed by atoms with van der Waals surface area (Å²) >= 11 is 0. The molecule has 1 amide bonds. The SMILES string of the molecule is C=CCOC(=O)N1C=CC(C#N)C(C(C)=O)=C1. The largest absolute Gasteiger partial charge is 0.445 e. The van der Waals surface area contributed by atoms with Crippen molar-refractivity contribution in [1.82, 2.24) is 4.90 Å². The lowest BCUT2D eigenvalue weighted by molar-refractivity contribution is -0.113. The van der Waals surface area contributed by atoms with Crippen LogP contribution < -0.4 is 0 Å². The molecule has 0 spiro atoms. The van der Waals surface area contributed by atoms with Crippen molar-refractivity contribution < 1.29 is 14.3 Å². The van der Waals surface area contributed by atoms with E-state index in [2.05, 4.69) is 6.58 Å². The van der Waals surface area contributed by atoms with Gasteiger partial charge in [-0.3, -0.25) is 9.69 Å². The van der Waals surface area contributed by atoms with E-state index in [1.54, 1.807) is 0 Å². The predicted molar refractivity (Wildman–Crippen MR) is 60.4 cm³/mol. The van der Waals surface area contributed by atoms with Crippen LogP contribution in [0.3, 0.4) is 0 Å². The van der Waals surface area contributed by atoms with Crippen molar-refractivity contribution >= 4 is 11.9 Å². The molecule has 1 rings (SSSR count).